The second kappa shape index (κ2) is 10.9. The maximum Gasteiger partial charge on any atom is 0.454 e. The number of rotatable bonds is 6. The Balaban J connectivity index is 1.77. The molecular formula is C30H30F7NO4. The Labute approximate surface area is 238 Å². The topological polar surface area (TPSA) is 55.8 Å². The summed E-state index contributed by atoms with van der Waals surface area (Å²) < 4.78 is 105. The van der Waals surface area contributed by atoms with Crippen molar-refractivity contribution in [3.8, 4) is 5.75 Å². The highest BCUT2D eigenvalue weighted by atomic mass is 19.4. The summed E-state index contributed by atoms with van der Waals surface area (Å²) in [7, 11) is 1.22. The van der Waals surface area contributed by atoms with Crippen molar-refractivity contribution in [2.75, 3.05) is 13.7 Å². The van der Waals surface area contributed by atoms with Gasteiger partial charge in [0.1, 0.15) is 17.7 Å². The Bertz CT molecular complexity index is 1440. The van der Waals surface area contributed by atoms with Gasteiger partial charge in [-0.2, -0.15) is 26.3 Å². The molecule has 0 spiro atoms. The lowest BCUT2D eigenvalue weighted by Gasteiger charge is -2.36. The molecule has 2 aromatic carbocycles. The highest BCUT2D eigenvalue weighted by Crippen LogP contribution is 2.46. The van der Waals surface area contributed by atoms with Gasteiger partial charge in [-0.3, -0.25) is 9.69 Å². The molecule has 1 saturated heterocycles. The van der Waals surface area contributed by atoms with Gasteiger partial charge in [-0.1, -0.05) is 25.5 Å². The number of alkyl halides is 6. The van der Waals surface area contributed by atoms with Crippen LogP contribution in [-0.4, -0.2) is 42.6 Å². The van der Waals surface area contributed by atoms with Crippen LogP contribution in [0.1, 0.15) is 78.7 Å². The standard InChI is InChI=1S/C30H30F7NO4/c1-15-8-17(10-19(9-15)29(32,33)34)25-16(2)38(27(40)42-25)14-18-13-28(3,4)7-6-20(18)21-11-22(26(39)30(35,36)37)23(31)12-24(21)41-5/h8-12,16,25H,6-7,13-14H2,1-5H3/t16-,25-/m0/s1. The second-order valence-electron chi connectivity index (χ2n) is 11.6. The minimum Gasteiger partial charge on any atom is -0.496 e. The minimum absolute atomic E-state index is 0.0453. The van der Waals surface area contributed by atoms with Crippen LogP contribution in [0.4, 0.5) is 35.5 Å². The fraction of sp³-hybridized carbons (Fsp3) is 0.467. The number of cyclic esters (lactones) is 1. The molecule has 12 heteroatoms. The average molecular weight is 602 g/mol. The fourth-order valence-corrected chi connectivity index (χ4v) is 5.68. The van der Waals surface area contributed by atoms with Crippen molar-refractivity contribution in [2.45, 2.75) is 71.5 Å². The Kier molecular flexibility index (Phi) is 8.16. The van der Waals surface area contributed by atoms with Gasteiger partial charge in [0.25, 0.3) is 5.78 Å². The monoisotopic (exact) mass is 601 g/mol. The number of ether oxygens (including phenoxy) is 2. The van der Waals surface area contributed by atoms with E-state index >= 15 is 0 Å². The third kappa shape index (κ3) is 6.27. The van der Waals surface area contributed by atoms with Gasteiger partial charge >= 0.3 is 18.4 Å². The largest absolute Gasteiger partial charge is 0.496 e. The average Bonchev–Trinajstić information content (AvgIpc) is 3.15. The first-order valence-electron chi connectivity index (χ1n) is 13.2. The highest BCUT2D eigenvalue weighted by Gasteiger charge is 2.44. The van der Waals surface area contributed by atoms with E-state index in [1.165, 1.54) is 25.0 Å². The van der Waals surface area contributed by atoms with Crippen LogP contribution in [0.25, 0.3) is 5.57 Å². The Morgan fingerprint density at radius 1 is 1.10 bits per heavy atom. The number of hydrogen-bond acceptors (Lipinski definition) is 4. The van der Waals surface area contributed by atoms with E-state index in [-0.39, 0.29) is 28.8 Å². The first kappa shape index (κ1) is 31.4. The van der Waals surface area contributed by atoms with Gasteiger partial charge in [-0.15, -0.1) is 0 Å². The third-order valence-electron chi connectivity index (χ3n) is 7.80. The van der Waals surface area contributed by atoms with E-state index in [9.17, 15) is 40.3 Å². The molecule has 1 heterocycles. The van der Waals surface area contributed by atoms with Gasteiger partial charge in [-0.05, 0) is 73.4 Å². The van der Waals surface area contributed by atoms with Crippen LogP contribution in [0.15, 0.2) is 35.9 Å². The predicted molar refractivity (Wildman–Crippen MR) is 139 cm³/mol. The fourth-order valence-electron chi connectivity index (χ4n) is 5.68. The van der Waals surface area contributed by atoms with E-state index in [1.807, 2.05) is 13.8 Å². The van der Waals surface area contributed by atoms with Crippen LogP contribution in [0, 0.1) is 18.2 Å². The summed E-state index contributed by atoms with van der Waals surface area (Å²) in [5.41, 5.74) is -0.544. The Hall–Kier alpha value is -3.57. The number of Topliss-reactive ketones (excluding diaryl/α,β-unsaturated/α-hetero) is 1. The first-order chi connectivity index (χ1) is 19.3. The van der Waals surface area contributed by atoms with Crippen molar-refractivity contribution in [3.63, 3.8) is 0 Å². The number of halogens is 7. The summed E-state index contributed by atoms with van der Waals surface area (Å²) in [4.78, 5) is 26.4. The van der Waals surface area contributed by atoms with Gasteiger partial charge in [0.05, 0.1) is 24.3 Å². The summed E-state index contributed by atoms with van der Waals surface area (Å²) >= 11 is 0. The number of allylic oxidation sites excluding steroid dienone is 1. The lowest BCUT2D eigenvalue weighted by Crippen LogP contribution is -2.35. The van der Waals surface area contributed by atoms with Gasteiger partial charge < -0.3 is 9.47 Å². The molecule has 42 heavy (non-hydrogen) atoms. The van der Waals surface area contributed by atoms with Crippen LogP contribution >= 0.6 is 0 Å². The van der Waals surface area contributed by atoms with Crippen molar-refractivity contribution in [3.05, 3.63) is 69.5 Å². The van der Waals surface area contributed by atoms with E-state index in [4.69, 9.17) is 9.47 Å². The molecule has 228 valence electrons. The molecule has 1 aliphatic heterocycles. The van der Waals surface area contributed by atoms with E-state index < -0.39 is 53.3 Å². The van der Waals surface area contributed by atoms with Gasteiger partial charge in [0.2, 0.25) is 0 Å². The van der Waals surface area contributed by atoms with Crippen molar-refractivity contribution in [1.29, 1.82) is 0 Å². The molecule has 2 aromatic rings. The molecule has 0 N–H and O–H groups in total. The molecule has 1 fully saturated rings. The van der Waals surface area contributed by atoms with Gasteiger partial charge in [0, 0.05) is 18.2 Å². The lowest BCUT2D eigenvalue weighted by atomic mass is 9.72. The van der Waals surface area contributed by atoms with E-state index in [1.54, 1.807) is 6.92 Å². The molecule has 1 aliphatic carbocycles. The van der Waals surface area contributed by atoms with Crippen molar-refractivity contribution < 1.29 is 49.8 Å². The zero-order valence-corrected chi connectivity index (χ0v) is 23.6. The number of nitrogens with zero attached hydrogens (tertiary/aromatic N) is 1. The highest BCUT2D eigenvalue weighted by molar-refractivity contribution is 6.01. The van der Waals surface area contributed by atoms with Crippen molar-refractivity contribution in [2.24, 2.45) is 5.41 Å². The van der Waals surface area contributed by atoms with Crippen molar-refractivity contribution >= 4 is 17.4 Å². The number of carbonyl (C=O) groups excluding carboxylic acids is 2. The van der Waals surface area contributed by atoms with Gasteiger partial charge in [-0.25, -0.2) is 9.18 Å². The molecule has 0 bridgehead atoms. The second-order valence-corrected chi connectivity index (χ2v) is 11.6. The molecule has 0 aromatic heterocycles. The molecule has 0 radical (unpaired) electrons. The number of hydrogen-bond donors (Lipinski definition) is 0. The van der Waals surface area contributed by atoms with E-state index in [0.29, 0.717) is 36.0 Å². The van der Waals surface area contributed by atoms with Crippen LogP contribution < -0.4 is 4.74 Å². The molecule has 2 aliphatic rings. The molecule has 0 unspecified atom stereocenters. The van der Waals surface area contributed by atoms with Crippen LogP contribution in [-0.2, 0) is 10.9 Å². The number of amides is 1. The molecule has 0 saturated carbocycles. The van der Waals surface area contributed by atoms with Crippen LogP contribution in [0.3, 0.4) is 0 Å². The number of methoxy groups -OCH3 is 1. The Morgan fingerprint density at radius 2 is 1.76 bits per heavy atom. The maximum absolute atomic E-state index is 14.6. The summed E-state index contributed by atoms with van der Waals surface area (Å²) in [5, 5.41) is 0. The zero-order valence-electron chi connectivity index (χ0n) is 23.6. The van der Waals surface area contributed by atoms with Crippen LogP contribution in [0.5, 0.6) is 5.75 Å². The quantitative estimate of drug-likeness (QED) is 0.246. The molecular weight excluding hydrogens is 571 g/mol. The summed E-state index contributed by atoms with van der Waals surface area (Å²) in [6.45, 7) is 7.05. The van der Waals surface area contributed by atoms with Crippen LogP contribution in [0.2, 0.25) is 0 Å². The van der Waals surface area contributed by atoms with E-state index in [2.05, 4.69) is 0 Å². The number of benzene rings is 2. The SMILES string of the molecule is COc1cc(F)c(C(=O)C(F)(F)F)cc1C1=C(CN2C(=O)O[C@H](c3cc(C)cc(C(F)(F)F)c3)[C@@H]2C)CC(C)(C)CC1. The minimum atomic E-state index is -5.30. The summed E-state index contributed by atoms with van der Waals surface area (Å²) in [5.74, 6) is -3.79. The molecule has 2 atom stereocenters. The first-order valence-corrected chi connectivity index (χ1v) is 13.2. The molecule has 1 amide bonds. The predicted octanol–water partition coefficient (Wildman–Crippen LogP) is 8.45. The lowest BCUT2D eigenvalue weighted by molar-refractivity contribution is -0.137. The number of ketones is 1. The summed E-state index contributed by atoms with van der Waals surface area (Å²) in [6.07, 6.45) is -10.3. The zero-order chi connectivity index (χ0) is 31.4. The number of aryl methyl sites for hydroxylation is 1. The maximum atomic E-state index is 14.6. The van der Waals surface area contributed by atoms with Gasteiger partial charge in [0.15, 0.2) is 0 Å². The summed E-state index contributed by atoms with van der Waals surface area (Å²) in [6, 6.07) is 4.33. The van der Waals surface area contributed by atoms with E-state index in [0.717, 1.165) is 24.3 Å². The third-order valence-corrected chi connectivity index (χ3v) is 7.80. The smallest absolute Gasteiger partial charge is 0.454 e. The number of carbonyl (C=O) groups is 2. The van der Waals surface area contributed by atoms with Crippen molar-refractivity contribution in [1.82, 2.24) is 4.90 Å². The molecule has 5 nitrogen and oxygen atoms in total. The Morgan fingerprint density at radius 3 is 2.36 bits per heavy atom. The molecule has 4 rings (SSSR count). The normalized spacial score (nSPS) is 21.0.